The lowest BCUT2D eigenvalue weighted by atomic mass is 9.81. The molecule has 0 heterocycles. The molecule has 0 saturated carbocycles. The number of nitrogen functional groups attached to an aromatic ring is 1. The Kier molecular flexibility index (Phi) is 5.03. The second kappa shape index (κ2) is 5.81. The van der Waals surface area contributed by atoms with Crippen molar-refractivity contribution < 1.29 is 8.42 Å². The smallest absolute Gasteiger partial charge is 0.240 e. The van der Waals surface area contributed by atoms with Crippen molar-refractivity contribution in [2.45, 2.75) is 32.6 Å². The zero-order valence-electron chi connectivity index (χ0n) is 11.7. The van der Waals surface area contributed by atoms with E-state index in [0.717, 1.165) is 0 Å². The molecule has 108 valence electrons. The van der Waals surface area contributed by atoms with E-state index < -0.39 is 10.0 Å². The first kappa shape index (κ1) is 16.5. The molecule has 4 nitrogen and oxygen atoms in total. The lowest BCUT2D eigenvalue weighted by Crippen LogP contribution is -2.36. The molecule has 0 aromatic heterocycles. The number of halogens is 1. The Morgan fingerprint density at radius 2 is 1.95 bits per heavy atom. The lowest BCUT2D eigenvalue weighted by molar-refractivity contribution is 0.252. The lowest BCUT2D eigenvalue weighted by Gasteiger charge is -2.29. The zero-order chi connectivity index (χ0) is 14.8. The molecule has 0 spiro atoms. The first-order valence-corrected chi connectivity index (χ1v) is 8.38. The van der Waals surface area contributed by atoms with Crippen molar-refractivity contribution >= 4 is 31.6 Å². The van der Waals surface area contributed by atoms with Crippen molar-refractivity contribution in [2.24, 2.45) is 11.3 Å². The van der Waals surface area contributed by atoms with Crippen molar-refractivity contribution in [3.8, 4) is 0 Å². The van der Waals surface area contributed by atoms with Gasteiger partial charge in [-0.25, -0.2) is 13.1 Å². The van der Waals surface area contributed by atoms with E-state index in [1.165, 1.54) is 12.1 Å². The summed E-state index contributed by atoms with van der Waals surface area (Å²) in [5.41, 5.74) is 6.07. The van der Waals surface area contributed by atoms with Crippen LogP contribution in [0.15, 0.2) is 27.6 Å². The van der Waals surface area contributed by atoms with E-state index in [1.807, 2.05) is 13.8 Å². The Balaban J connectivity index is 2.90. The highest BCUT2D eigenvalue weighted by atomic mass is 79.9. The molecule has 0 unspecified atom stereocenters. The molecule has 1 aromatic rings. The minimum atomic E-state index is -3.50. The molecule has 1 rings (SSSR count). The van der Waals surface area contributed by atoms with Crippen LogP contribution in [0.3, 0.4) is 0 Å². The Bertz CT molecular complexity index is 554. The maximum atomic E-state index is 12.2. The van der Waals surface area contributed by atoms with Crippen molar-refractivity contribution in [3.63, 3.8) is 0 Å². The standard InChI is InChI=1S/C13H21BrN2O2S/c1-9(2)13(3,4)8-16-19(17,18)10-5-6-12(15)11(14)7-10/h5-7,9,16H,8,15H2,1-4H3. The summed E-state index contributed by atoms with van der Waals surface area (Å²) in [6, 6.07) is 4.59. The summed E-state index contributed by atoms with van der Waals surface area (Å²) in [7, 11) is -3.50. The topological polar surface area (TPSA) is 72.2 Å². The highest BCUT2D eigenvalue weighted by Gasteiger charge is 2.25. The Hall–Kier alpha value is -0.590. The van der Waals surface area contributed by atoms with Crippen LogP contribution in [0.2, 0.25) is 0 Å². The molecule has 3 N–H and O–H groups in total. The molecule has 0 saturated heterocycles. The molecule has 0 aliphatic carbocycles. The fraction of sp³-hybridized carbons (Fsp3) is 0.538. The summed E-state index contributed by atoms with van der Waals surface area (Å²) in [6.45, 7) is 8.63. The first-order chi connectivity index (χ1) is 8.56. The third-order valence-electron chi connectivity index (χ3n) is 3.56. The fourth-order valence-electron chi connectivity index (χ4n) is 1.24. The van der Waals surface area contributed by atoms with Crippen molar-refractivity contribution in [1.82, 2.24) is 4.72 Å². The Morgan fingerprint density at radius 3 is 2.42 bits per heavy atom. The van der Waals surface area contributed by atoms with Gasteiger partial charge in [-0.05, 0) is 45.5 Å². The normalized spacial score (nSPS) is 12.9. The van der Waals surface area contributed by atoms with Gasteiger partial charge in [0.2, 0.25) is 10.0 Å². The quantitative estimate of drug-likeness (QED) is 0.803. The Labute approximate surface area is 124 Å². The molecular weight excluding hydrogens is 328 g/mol. The molecule has 0 aliphatic rings. The van der Waals surface area contributed by atoms with Crippen molar-refractivity contribution in [1.29, 1.82) is 0 Å². The maximum absolute atomic E-state index is 12.2. The number of rotatable bonds is 5. The van der Waals surface area contributed by atoms with Crippen LogP contribution in [0.25, 0.3) is 0 Å². The van der Waals surface area contributed by atoms with E-state index in [9.17, 15) is 8.42 Å². The summed E-state index contributed by atoms with van der Waals surface area (Å²) in [5.74, 6) is 0.383. The van der Waals surface area contributed by atoms with Crippen LogP contribution in [0, 0.1) is 11.3 Å². The largest absolute Gasteiger partial charge is 0.398 e. The monoisotopic (exact) mass is 348 g/mol. The minimum absolute atomic E-state index is 0.0991. The van der Waals surface area contributed by atoms with Crippen LogP contribution in [0.1, 0.15) is 27.7 Å². The van der Waals surface area contributed by atoms with Gasteiger partial charge in [0.1, 0.15) is 0 Å². The van der Waals surface area contributed by atoms with E-state index in [2.05, 4.69) is 34.5 Å². The number of hydrogen-bond donors (Lipinski definition) is 2. The van der Waals surface area contributed by atoms with Gasteiger partial charge in [-0.1, -0.05) is 27.7 Å². The second-order valence-corrected chi connectivity index (χ2v) is 8.27. The SMILES string of the molecule is CC(C)C(C)(C)CNS(=O)(=O)c1ccc(N)c(Br)c1. The predicted octanol–water partition coefficient (Wildman–Crippen LogP) is 2.99. The summed E-state index contributed by atoms with van der Waals surface area (Å²) in [4.78, 5) is 0.216. The van der Waals surface area contributed by atoms with Crippen LogP contribution >= 0.6 is 15.9 Å². The first-order valence-electron chi connectivity index (χ1n) is 6.11. The van der Waals surface area contributed by atoms with Gasteiger partial charge in [0, 0.05) is 16.7 Å². The molecule has 0 bridgehead atoms. The number of hydrogen-bond acceptors (Lipinski definition) is 3. The molecular formula is C13H21BrN2O2S. The van der Waals surface area contributed by atoms with Gasteiger partial charge in [-0.3, -0.25) is 0 Å². The molecule has 1 aromatic carbocycles. The van der Waals surface area contributed by atoms with Crippen LogP contribution < -0.4 is 10.5 Å². The van der Waals surface area contributed by atoms with Gasteiger partial charge >= 0.3 is 0 Å². The van der Waals surface area contributed by atoms with E-state index in [4.69, 9.17) is 5.73 Å². The predicted molar refractivity (Wildman–Crippen MR) is 82.4 cm³/mol. The number of nitrogens with two attached hydrogens (primary N) is 1. The third kappa shape index (κ3) is 4.19. The molecule has 19 heavy (non-hydrogen) atoms. The number of benzene rings is 1. The van der Waals surface area contributed by atoms with Crippen LogP contribution in [-0.2, 0) is 10.0 Å². The average Bonchev–Trinajstić information content (AvgIpc) is 2.30. The van der Waals surface area contributed by atoms with Crippen molar-refractivity contribution in [2.75, 3.05) is 12.3 Å². The number of nitrogens with one attached hydrogen (secondary N) is 1. The van der Waals surface area contributed by atoms with Gasteiger partial charge in [0.25, 0.3) is 0 Å². The third-order valence-corrected chi connectivity index (χ3v) is 5.65. The van der Waals surface area contributed by atoms with Crippen LogP contribution in [-0.4, -0.2) is 15.0 Å². The summed E-state index contributed by atoms with van der Waals surface area (Å²) >= 11 is 3.24. The van der Waals surface area contributed by atoms with Gasteiger partial charge in [0.15, 0.2) is 0 Å². The molecule has 6 heteroatoms. The van der Waals surface area contributed by atoms with Gasteiger partial charge in [0.05, 0.1) is 4.90 Å². The Morgan fingerprint density at radius 1 is 1.37 bits per heavy atom. The highest BCUT2D eigenvalue weighted by Crippen LogP contribution is 2.26. The molecule has 0 fully saturated rings. The van der Waals surface area contributed by atoms with E-state index >= 15 is 0 Å². The van der Waals surface area contributed by atoms with Crippen molar-refractivity contribution in [3.05, 3.63) is 22.7 Å². The number of anilines is 1. The number of sulfonamides is 1. The average molecular weight is 349 g/mol. The van der Waals surface area contributed by atoms with Gasteiger partial charge in [-0.15, -0.1) is 0 Å². The molecule has 0 radical (unpaired) electrons. The van der Waals surface area contributed by atoms with Crippen LogP contribution in [0.4, 0.5) is 5.69 Å². The highest BCUT2D eigenvalue weighted by molar-refractivity contribution is 9.10. The summed E-state index contributed by atoms with van der Waals surface area (Å²) in [6.07, 6.45) is 0. The van der Waals surface area contributed by atoms with Crippen LogP contribution in [0.5, 0.6) is 0 Å². The van der Waals surface area contributed by atoms with E-state index in [1.54, 1.807) is 6.07 Å². The minimum Gasteiger partial charge on any atom is -0.398 e. The second-order valence-electron chi connectivity index (χ2n) is 5.65. The molecule has 0 amide bonds. The fourth-order valence-corrected chi connectivity index (χ4v) is 3.02. The maximum Gasteiger partial charge on any atom is 0.240 e. The van der Waals surface area contributed by atoms with E-state index in [0.29, 0.717) is 22.6 Å². The van der Waals surface area contributed by atoms with Gasteiger partial charge in [-0.2, -0.15) is 0 Å². The summed E-state index contributed by atoms with van der Waals surface area (Å²) in [5, 5.41) is 0. The molecule has 0 atom stereocenters. The van der Waals surface area contributed by atoms with Gasteiger partial charge < -0.3 is 5.73 Å². The zero-order valence-corrected chi connectivity index (χ0v) is 14.1. The molecule has 0 aliphatic heterocycles. The summed E-state index contributed by atoms with van der Waals surface area (Å²) < 4.78 is 27.6. The van der Waals surface area contributed by atoms with E-state index in [-0.39, 0.29) is 10.3 Å².